The standard InChI is InChI=1S/C14H15N3O3/c1-8-9(2)17-20-14(8)16-13(18)10-4-3-5-11-12(10)19-7-6-15-11/h3-5,15H,6-7H2,1-2H3,(H,16,18). The van der Waals surface area contributed by atoms with Crippen molar-refractivity contribution >= 4 is 17.5 Å². The monoisotopic (exact) mass is 273 g/mol. The topological polar surface area (TPSA) is 76.4 Å². The molecule has 3 rings (SSSR count). The van der Waals surface area contributed by atoms with Crippen LogP contribution in [0.2, 0.25) is 0 Å². The van der Waals surface area contributed by atoms with Gasteiger partial charge in [0.05, 0.1) is 16.9 Å². The van der Waals surface area contributed by atoms with Crippen molar-refractivity contribution in [2.75, 3.05) is 23.8 Å². The smallest absolute Gasteiger partial charge is 0.261 e. The Balaban J connectivity index is 1.89. The first kappa shape index (κ1) is 12.5. The van der Waals surface area contributed by atoms with Gasteiger partial charge in [-0.25, -0.2) is 0 Å². The Morgan fingerprint density at radius 1 is 1.40 bits per heavy atom. The Morgan fingerprint density at radius 3 is 3.00 bits per heavy atom. The average molecular weight is 273 g/mol. The second-order valence-corrected chi connectivity index (χ2v) is 4.63. The predicted molar refractivity (Wildman–Crippen MR) is 74.4 cm³/mol. The number of nitrogens with zero attached hydrogens (tertiary/aromatic N) is 1. The Hall–Kier alpha value is -2.50. The van der Waals surface area contributed by atoms with Crippen LogP contribution in [0.5, 0.6) is 5.75 Å². The molecule has 0 fully saturated rings. The van der Waals surface area contributed by atoms with Crippen LogP contribution in [-0.2, 0) is 0 Å². The minimum atomic E-state index is -0.273. The van der Waals surface area contributed by atoms with Crippen LogP contribution in [0.25, 0.3) is 0 Å². The van der Waals surface area contributed by atoms with Crippen molar-refractivity contribution in [3.63, 3.8) is 0 Å². The van der Waals surface area contributed by atoms with Crippen molar-refractivity contribution < 1.29 is 14.1 Å². The quantitative estimate of drug-likeness (QED) is 0.878. The molecule has 0 radical (unpaired) electrons. The lowest BCUT2D eigenvalue weighted by Gasteiger charge is -2.21. The van der Waals surface area contributed by atoms with Crippen molar-refractivity contribution in [3.05, 3.63) is 35.0 Å². The highest BCUT2D eigenvalue weighted by Crippen LogP contribution is 2.32. The van der Waals surface area contributed by atoms with Crippen LogP contribution in [0.15, 0.2) is 22.7 Å². The first-order valence-corrected chi connectivity index (χ1v) is 6.40. The maximum Gasteiger partial charge on any atom is 0.261 e. The lowest BCUT2D eigenvalue weighted by molar-refractivity contribution is 0.101. The average Bonchev–Trinajstić information content (AvgIpc) is 2.78. The molecule has 1 aliphatic rings. The summed E-state index contributed by atoms with van der Waals surface area (Å²) in [6.07, 6.45) is 0. The number of para-hydroxylation sites is 1. The molecule has 6 nitrogen and oxygen atoms in total. The van der Waals surface area contributed by atoms with Gasteiger partial charge in [0, 0.05) is 12.1 Å². The number of hydrogen-bond acceptors (Lipinski definition) is 5. The molecule has 2 N–H and O–H groups in total. The van der Waals surface area contributed by atoms with E-state index in [1.54, 1.807) is 6.07 Å². The summed E-state index contributed by atoms with van der Waals surface area (Å²) in [4.78, 5) is 12.3. The van der Waals surface area contributed by atoms with Gasteiger partial charge >= 0.3 is 0 Å². The first-order valence-electron chi connectivity index (χ1n) is 6.40. The van der Waals surface area contributed by atoms with E-state index in [0.29, 0.717) is 23.8 Å². The van der Waals surface area contributed by atoms with Crippen molar-refractivity contribution in [1.82, 2.24) is 5.16 Å². The molecule has 0 aliphatic carbocycles. The maximum atomic E-state index is 12.3. The lowest BCUT2D eigenvalue weighted by Crippen LogP contribution is -2.21. The van der Waals surface area contributed by atoms with Gasteiger partial charge in [-0.15, -0.1) is 0 Å². The highest BCUT2D eigenvalue weighted by Gasteiger charge is 2.20. The molecule has 2 aromatic rings. The molecule has 0 unspecified atom stereocenters. The summed E-state index contributed by atoms with van der Waals surface area (Å²) in [5, 5.41) is 9.74. The number of benzene rings is 1. The van der Waals surface area contributed by atoms with Gasteiger partial charge in [0.25, 0.3) is 5.91 Å². The number of ether oxygens (including phenoxy) is 1. The van der Waals surface area contributed by atoms with E-state index in [-0.39, 0.29) is 5.91 Å². The molecule has 2 heterocycles. The molecule has 0 saturated heterocycles. The summed E-state index contributed by atoms with van der Waals surface area (Å²) >= 11 is 0. The first-order chi connectivity index (χ1) is 9.66. The van der Waals surface area contributed by atoms with Gasteiger partial charge in [-0.05, 0) is 26.0 Å². The van der Waals surface area contributed by atoms with Crippen molar-refractivity contribution in [1.29, 1.82) is 0 Å². The number of carbonyl (C=O) groups excluding carboxylic acids is 1. The summed E-state index contributed by atoms with van der Waals surface area (Å²) in [6.45, 7) is 4.95. The second kappa shape index (κ2) is 4.88. The van der Waals surface area contributed by atoms with E-state index in [9.17, 15) is 4.79 Å². The molecule has 0 spiro atoms. The van der Waals surface area contributed by atoms with Gasteiger partial charge < -0.3 is 14.6 Å². The molecule has 6 heteroatoms. The number of aromatic nitrogens is 1. The zero-order chi connectivity index (χ0) is 14.1. The fourth-order valence-corrected chi connectivity index (χ4v) is 2.05. The summed E-state index contributed by atoms with van der Waals surface area (Å²) in [5.74, 6) is 0.670. The molecule has 0 saturated carbocycles. The third kappa shape index (κ3) is 2.09. The number of aryl methyl sites for hydroxylation is 1. The fourth-order valence-electron chi connectivity index (χ4n) is 2.05. The Kier molecular flexibility index (Phi) is 3.06. The third-order valence-corrected chi connectivity index (χ3v) is 3.31. The number of amides is 1. The van der Waals surface area contributed by atoms with Crippen LogP contribution < -0.4 is 15.4 Å². The lowest BCUT2D eigenvalue weighted by atomic mass is 10.1. The molecule has 0 atom stereocenters. The van der Waals surface area contributed by atoms with E-state index < -0.39 is 0 Å². The fraction of sp³-hybridized carbons (Fsp3) is 0.286. The normalized spacial score (nSPS) is 13.1. The Morgan fingerprint density at radius 2 is 2.25 bits per heavy atom. The van der Waals surface area contributed by atoms with Crippen LogP contribution in [0, 0.1) is 13.8 Å². The second-order valence-electron chi connectivity index (χ2n) is 4.63. The third-order valence-electron chi connectivity index (χ3n) is 3.31. The van der Waals surface area contributed by atoms with Crippen molar-refractivity contribution in [2.24, 2.45) is 0 Å². The molecule has 1 aliphatic heterocycles. The van der Waals surface area contributed by atoms with E-state index >= 15 is 0 Å². The van der Waals surface area contributed by atoms with Crippen LogP contribution in [0.4, 0.5) is 11.6 Å². The largest absolute Gasteiger partial charge is 0.489 e. The van der Waals surface area contributed by atoms with Crippen molar-refractivity contribution in [2.45, 2.75) is 13.8 Å². The minimum absolute atomic E-state index is 0.273. The van der Waals surface area contributed by atoms with E-state index in [2.05, 4.69) is 15.8 Å². The SMILES string of the molecule is Cc1noc(NC(=O)c2cccc3c2OCCN3)c1C. The number of hydrogen-bond donors (Lipinski definition) is 2. The summed E-state index contributed by atoms with van der Waals surface area (Å²) < 4.78 is 10.7. The van der Waals surface area contributed by atoms with Gasteiger partial charge in [0.15, 0.2) is 5.75 Å². The van der Waals surface area contributed by atoms with Gasteiger partial charge in [-0.3, -0.25) is 10.1 Å². The number of nitrogens with one attached hydrogen (secondary N) is 2. The summed E-state index contributed by atoms with van der Waals surface area (Å²) in [6, 6.07) is 5.42. The van der Waals surface area contributed by atoms with E-state index in [1.165, 1.54) is 0 Å². The van der Waals surface area contributed by atoms with Crippen LogP contribution >= 0.6 is 0 Å². The summed E-state index contributed by atoms with van der Waals surface area (Å²) in [5.41, 5.74) is 2.88. The van der Waals surface area contributed by atoms with Crippen LogP contribution in [0.1, 0.15) is 21.6 Å². The highest BCUT2D eigenvalue weighted by molar-refractivity contribution is 6.07. The van der Waals surface area contributed by atoms with Crippen LogP contribution in [0.3, 0.4) is 0 Å². The Bertz CT molecular complexity index is 664. The molecular formula is C14H15N3O3. The number of anilines is 2. The molecule has 1 aromatic heterocycles. The molecule has 104 valence electrons. The zero-order valence-electron chi connectivity index (χ0n) is 11.3. The maximum absolute atomic E-state index is 12.3. The molecule has 20 heavy (non-hydrogen) atoms. The zero-order valence-corrected chi connectivity index (χ0v) is 11.3. The number of rotatable bonds is 2. The van der Waals surface area contributed by atoms with E-state index in [4.69, 9.17) is 9.26 Å². The van der Waals surface area contributed by atoms with Gasteiger partial charge in [0.2, 0.25) is 5.88 Å². The molecule has 1 aromatic carbocycles. The highest BCUT2D eigenvalue weighted by atomic mass is 16.5. The van der Waals surface area contributed by atoms with Crippen LogP contribution in [-0.4, -0.2) is 24.2 Å². The van der Waals surface area contributed by atoms with E-state index in [0.717, 1.165) is 23.5 Å². The summed E-state index contributed by atoms with van der Waals surface area (Å²) in [7, 11) is 0. The van der Waals surface area contributed by atoms with Crippen molar-refractivity contribution in [3.8, 4) is 5.75 Å². The van der Waals surface area contributed by atoms with Gasteiger partial charge in [-0.2, -0.15) is 0 Å². The minimum Gasteiger partial charge on any atom is -0.489 e. The van der Waals surface area contributed by atoms with E-state index in [1.807, 2.05) is 26.0 Å². The molecule has 1 amide bonds. The number of carbonyl (C=O) groups is 1. The predicted octanol–water partition coefficient (Wildman–Crippen LogP) is 2.35. The molecule has 0 bridgehead atoms. The Labute approximate surface area is 116 Å². The number of fused-ring (bicyclic) bond motifs is 1. The molecular weight excluding hydrogens is 258 g/mol. The van der Waals surface area contributed by atoms with Gasteiger partial charge in [-0.1, -0.05) is 11.2 Å². The van der Waals surface area contributed by atoms with Gasteiger partial charge in [0.1, 0.15) is 6.61 Å².